The highest BCUT2D eigenvalue weighted by molar-refractivity contribution is 14.0. The lowest BCUT2D eigenvalue weighted by Crippen LogP contribution is -2.42. The van der Waals surface area contributed by atoms with Crippen molar-refractivity contribution < 1.29 is 4.74 Å². The Morgan fingerprint density at radius 3 is 2.61 bits per heavy atom. The first-order valence-corrected chi connectivity index (χ1v) is 8.38. The summed E-state index contributed by atoms with van der Waals surface area (Å²) in [7, 11) is 0. The molecule has 0 spiro atoms. The van der Waals surface area contributed by atoms with E-state index in [0.717, 1.165) is 32.0 Å². The van der Waals surface area contributed by atoms with Gasteiger partial charge >= 0.3 is 0 Å². The Morgan fingerprint density at radius 1 is 1.30 bits per heavy atom. The number of likely N-dealkylation sites (tertiary alicyclic amines) is 1. The third kappa shape index (κ3) is 7.08. The molecule has 0 aromatic heterocycles. The van der Waals surface area contributed by atoms with Crippen LogP contribution in [-0.2, 0) is 4.74 Å². The fourth-order valence-electron chi connectivity index (χ4n) is 2.68. The quantitative estimate of drug-likeness (QED) is 0.323. The summed E-state index contributed by atoms with van der Waals surface area (Å²) in [6.07, 6.45) is 3.47. The van der Waals surface area contributed by atoms with Crippen LogP contribution in [-0.4, -0.2) is 37.1 Å². The maximum absolute atomic E-state index is 6.06. The molecule has 0 radical (unpaired) electrons. The molecule has 0 amide bonds. The number of halogens is 1. The third-order valence-electron chi connectivity index (χ3n) is 4.32. The first kappa shape index (κ1) is 20.2. The first-order valence-electron chi connectivity index (χ1n) is 8.38. The highest BCUT2D eigenvalue weighted by Crippen LogP contribution is 2.16. The van der Waals surface area contributed by atoms with E-state index in [1.54, 1.807) is 0 Å². The molecule has 4 nitrogen and oxygen atoms in total. The van der Waals surface area contributed by atoms with Gasteiger partial charge in [0.15, 0.2) is 5.96 Å². The number of nitrogens with zero attached hydrogens (tertiary/aromatic N) is 2. The topological polar surface area (TPSA) is 50.8 Å². The Hall–Kier alpha value is -0.820. The van der Waals surface area contributed by atoms with Crippen molar-refractivity contribution in [2.75, 3.05) is 26.2 Å². The van der Waals surface area contributed by atoms with E-state index in [1.807, 2.05) is 18.2 Å². The minimum Gasteiger partial charge on any atom is -0.374 e. The lowest BCUT2D eigenvalue weighted by atomic mass is 10.00. The van der Waals surface area contributed by atoms with Crippen LogP contribution in [0.3, 0.4) is 0 Å². The number of piperidine rings is 1. The van der Waals surface area contributed by atoms with Gasteiger partial charge in [-0.3, -0.25) is 4.99 Å². The van der Waals surface area contributed by atoms with Crippen LogP contribution in [0.25, 0.3) is 0 Å². The molecule has 0 saturated carbocycles. The lowest BCUT2D eigenvalue weighted by Gasteiger charge is -2.31. The van der Waals surface area contributed by atoms with Crippen molar-refractivity contribution >= 4 is 29.9 Å². The van der Waals surface area contributed by atoms with Gasteiger partial charge in [0.05, 0.1) is 6.10 Å². The van der Waals surface area contributed by atoms with Crippen LogP contribution >= 0.6 is 24.0 Å². The monoisotopic (exact) mass is 431 g/mol. The van der Waals surface area contributed by atoms with Gasteiger partial charge in [0, 0.05) is 26.2 Å². The second-order valence-electron chi connectivity index (χ2n) is 6.19. The average Bonchev–Trinajstić information content (AvgIpc) is 2.55. The Morgan fingerprint density at radius 2 is 1.96 bits per heavy atom. The summed E-state index contributed by atoms with van der Waals surface area (Å²) in [5.41, 5.74) is 7.28. The molecule has 2 rings (SSSR count). The molecule has 1 aliphatic heterocycles. The standard InChI is InChI=1S/C18H29N3O.HI/c1-15-9-12-21(13-10-15)18(19)20-11-6-14-22-16(2)17-7-4-3-5-8-17;/h3-5,7-8,15-16H,6,9-14H2,1-2H3,(H2,19,20);1H. The van der Waals surface area contributed by atoms with Crippen molar-refractivity contribution in [1.82, 2.24) is 4.90 Å². The first-order chi connectivity index (χ1) is 10.7. The molecule has 1 unspecified atom stereocenters. The van der Waals surface area contributed by atoms with E-state index in [0.29, 0.717) is 12.6 Å². The zero-order valence-corrected chi connectivity index (χ0v) is 16.6. The number of ether oxygens (including phenoxy) is 1. The summed E-state index contributed by atoms with van der Waals surface area (Å²) in [4.78, 5) is 6.68. The van der Waals surface area contributed by atoms with E-state index in [9.17, 15) is 0 Å². The van der Waals surface area contributed by atoms with Crippen LogP contribution in [0.15, 0.2) is 35.3 Å². The fraction of sp³-hybridized carbons (Fsp3) is 0.611. The minimum absolute atomic E-state index is 0. The summed E-state index contributed by atoms with van der Waals surface area (Å²) < 4.78 is 5.85. The van der Waals surface area contributed by atoms with Crippen LogP contribution in [0.4, 0.5) is 0 Å². The van der Waals surface area contributed by atoms with Gasteiger partial charge in [0.1, 0.15) is 0 Å². The van der Waals surface area contributed by atoms with E-state index in [2.05, 4.69) is 35.9 Å². The molecule has 1 aromatic rings. The molecule has 1 aromatic carbocycles. The summed E-state index contributed by atoms with van der Waals surface area (Å²) in [6, 6.07) is 10.3. The summed E-state index contributed by atoms with van der Waals surface area (Å²) in [5, 5.41) is 0. The van der Waals surface area contributed by atoms with Crippen LogP contribution < -0.4 is 5.73 Å². The van der Waals surface area contributed by atoms with Crippen LogP contribution in [0.5, 0.6) is 0 Å². The third-order valence-corrected chi connectivity index (χ3v) is 4.32. The highest BCUT2D eigenvalue weighted by atomic mass is 127. The number of hydrogen-bond acceptors (Lipinski definition) is 2. The van der Waals surface area contributed by atoms with Crippen LogP contribution in [0.1, 0.15) is 44.8 Å². The molecule has 1 atom stereocenters. The van der Waals surface area contributed by atoms with Gasteiger partial charge in [-0.2, -0.15) is 0 Å². The van der Waals surface area contributed by atoms with E-state index >= 15 is 0 Å². The number of benzene rings is 1. The Bertz CT molecular complexity index is 459. The maximum atomic E-state index is 6.06. The Balaban J connectivity index is 0.00000264. The summed E-state index contributed by atoms with van der Waals surface area (Å²) in [6.45, 7) is 7.91. The Kier molecular flexibility index (Phi) is 9.55. The van der Waals surface area contributed by atoms with E-state index in [1.165, 1.54) is 18.4 Å². The molecule has 23 heavy (non-hydrogen) atoms. The van der Waals surface area contributed by atoms with Gasteiger partial charge in [-0.15, -0.1) is 24.0 Å². The van der Waals surface area contributed by atoms with E-state index in [4.69, 9.17) is 10.5 Å². The van der Waals surface area contributed by atoms with Gasteiger partial charge in [0.2, 0.25) is 0 Å². The van der Waals surface area contributed by atoms with Gasteiger partial charge in [-0.25, -0.2) is 0 Å². The summed E-state index contributed by atoms with van der Waals surface area (Å²) >= 11 is 0. The van der Waals surface area contributed by atoms with Gasteiger partial charge < -0.3 is 15.4 Å². The predicted octanol–water partition coefficient (Wildman–Crippen LogP) is 3.82. The normalized spacial score (nSPS) is 17.7. The predicted molar refractivity (Wildman–Crippen MR) is 107 cm³/mol. The molecule has 1 saturated heterocycles. The fourth-order valence-corrected chi connectivity index (χ4v) is 2.68. The zero-order chi connectivity index (χ0) is 15.8. The van der Waals surface area contributed by atoms with Gasteiger partial charge in [-0.05, 0) is 37.7 Å². The molecule has 0 aliphatic carbocycles. The second-order valence-corrected chi connectivity index (χ2v) is 6.19. The number of guanidine groups is 1. The van der Waals surface area contributed by atoms with Crippen molar-refractivity contribution in [3.63, 3.8) is 0 Å². The van der Waals surface area contributed by atoms with E-state index < -0.39 is 0 Å². The van der Waals surface area contributed by atoms with Crippen LogP contribution in [0, 0.1) is 5.92 Å². The zero-order valence-electron chi connectivity index (χ0n) is 14.3. The molecule has 1 heterocycles. The highest BCUT2D eigenvalue weighted by Gasteiger charge is 2.16. The molecular formula is C18H30IN3O. The summed E-state index contributed by atoms with van der Waals surface area (Å²) in [5.74, 6) is 1.51. The molecule has 0 bridgehead atoms. The van der Waals surface area contributed by atoms with Crippen molar-refractivity contribution in [1.29, 1.82) is 0 Å². The minimum atomic E-state index is 0. The Labute approximate surface area is 157 Å². The van der Waals surface area contributed by atoms with Crippen molar-refractivity contribution in [2.45, 2.75) is 39.2 Å². The molecular weight excluding hydrogens is 401 g/mol. The van der Waals surface area contributed by atoms with Gasteiger partial charge in [0.25, 0.3) is 0 Å². The van der Waals surface area contributed by atoms with Crippen LogP contribution in [0.2, 0.25) is 0 Å². The number of aliphatic imine (C=N–C) groups is 1. The largest absolute Gasteiger partial charge is 0.374 e. The molecule has 1 fully saturated rings. The average molecular weight is 431 g/mol. The van der Waals surface area contributed by atoms with Crippen molar-refractivity contribution in [2.24, 2.45) is 16.6 Å². The lowest BCUT2D eigenvalue weighted by molar-refractivity contribution is 0.0651. The molecule has 1 aliphatic rings. The smallest absolute Gasteiger partial charge is 0.191 e. The second kappa shape index (κ2) is 10.9. The van der Waals surface area contributed by atoms with Gasteiger partial charge in [-0.1, -0.05) is 37.3 Å². The number of nitrogens with two attached hydrogens (primary N) is 1. The number of hydrogen-bond donors (Lipinski definition) is 1. The molecule has 2 N–H and O–H groups in total. The van der Waals surface area contributed by atoms with Crippen molar-refractivity contribution in [3.8, 4) is 0 Å². The van der Waals surface area contributed by atoms with E-state index in [-0.39, 0.29) is 30.1 Å². The number of rotatable bonds is 6. The maximum Gasteiger partial charge on any atom is 0.191 e. The SMILES string of the molecule is CC1CCN(C(N)=NCCCOC(C)c2ccccc2)CC1.I. The van der Waals surface area contributed by atoms with Crippen molar-refractivity contribution in [3.05, 3.63) is 35.9 Å². The molecule has 5 heteroatoms. The molecule has 130 valence electrons.